The number of ether oxygens (including phenoxy) is 3. The van der Waals surface area contributed by atoms with E-state index in [2.05, 4.69) is 21.2 Å². The third-order valence-electron chi connectivity index (χ3n) is 6.10. The highest BCUT2D eigenvalue weighted by molar-refractivity contribution is 5.92. The molecular formula is C29H24FN5O4. The monoisotopic (exact) mass is 525 g/mol. The van der Waals surface area contributed by atoms with E-state index in [9.17, 15) is 14.4 Å². The molecule has 1 aliphatic heterocycles. The largest absolute Gasteiger partial charge is 0.493 e. The van der Waals surface area contributed by atoms with Gasteiger partial charge in [-0.2, -0.15) is 5.26 Å². The van der Waals surface area contributed by atoms with Crippen LogP contribution in [0.25, 0.3) is 17.3 Å². The van der Waals surface area contributed by atoms with Gasteiger partial charge in [0.15, 0.2) is 17.3 Å². The maximum atomic E-state index is 13.2. The molecule has 1 aromatic heterocycles. The lowest BCUT2D eigenvalue weighted by Gasteiger charge is -2.28. The van der Waals surface area contributed by atoms with Crippen LogP contribution in [0.1, 0.15) is 21.7 Å². The summed E-state index contributed by atoms with van der Waals surface area (Å²) in [5.41, 5.74) is 1.93. The zero-order valence-corrected chi connectivity index (χ0v) is 21.1. The average Bonchev–Trinajstić information content (AvgIpc) is 3.43. The van der Waals surface area contributed by atoms with Crippen LogP contribution in [-0.2, 0) is 4.74 Å². The summed E-state index contributed by atoms with van der Waals surface area (Å²) in [5, 5.41) is 18.9. The zero-order valence-electron chi connectivity index (χ0n) is 21.1. The normalized spacial score (nSPS) is 13.6. The van der Waals surface area contributed by atoms with Crippen molar-refractivity contribution in [3.8, 4) is 23.3 Å². The van der Waals surface area contributed by atoms with Crippen LogP contribution < -0.4 is 14.4 Å². The van der Waals surface area contributed by atoms with Crippen LogP contribution in [0.3, 0.4) is 0 Å². The summed E-state index contributed by atoms with van der Waals surface area (Å²) < 4.78 is 31.4. The quantitative estimate of drug-likeness (QED) is 0.197. The van der Waals surface area contributed by atoms with Gasteiger partial charge >= 0.3 is 5.97 Å². The number of rotatable bonds is 7. The lowest BCUT2D eigenvalue weighted by Crippen LogP contribution is -2.38. The van der Waals surface area contributed by atoms with Gasteiger partial charge in [0, 0.05) is 13.1 Å². The molecule has 4 aromatic rings. The number of methoxy groups -OCH3 is 1. The second-order valence-corrected chi connectivity index (χ2v) is 8.57. The molecule has 196 valence electrons. The summed E-state index contributed by atoms with van der Waals surface area (Å²) in [7, 11) is 1.45. The van der Waals surface area contributed by atoms with Gasteiger partial charge in [-0.3, -0.25) is 4.57 Å². The van der Waals surface area contributed by atoms with Gasteiger partial charge in [-0.25, -0.2) is 9.18 Å². The number of halogens is 1. The first-order valence-corrected chi connectivity index (χ1v) is 12.2. The number of carbonyl (C=O) groups is 1. The minimum Gasteiger partial charge on any atom is -0.493 e. The van der Waals surface area contributed by atoms with E-state index in [0.717, 1.165) is 5.69 Å². The van der Waals surface area contributed by atoms with Crippen molar-refractivity contribution in [3.05, 3.63) is 95.6 Å². The van der Waals surface area contributed by atoms with Crippen molar-refractivity contribution in [2.45, 2.75) is 0 Å². The number of morpholine rings is 1. The Bertz CT molecular complexity index is 1540. The van der Waals surface area contributed by atoms with Crippen molar-refractivity contribution in [3.63, 3.8) is 0 Å². The van der Waals surface area contributed by atoms with Gasteiger partial charge < -0.3 is 19.1 Å². The molecule has 0 bridgehead atoms. The molecular weight excluding hydrogens is 501 g/mol. The van der Waals surface area contributed by atoms with Crippen molar-refractivity contribution >= 4 is 23.6 Å². The first-order valence-electron chi connectivity index (χ1n) is 12.2. The predicted octanol–water partition coefficient (Wildman–Crippen LogP) is 4.53. The fourth-order valence-corrected chi connectivity index (χ4v) is 4.15. The fraction of sp³-hybridized carbons (Fsp3) is 0.172. The Morgan fingerprint density at radius 3 is 2.46 bits per heavy atom. The molecule has 0 N–H and O–H groups in total. The Morgan fingerprint density at radius 2 is 1.77 bits per heavy atom. The van der Waals surface area contributed by atoms with Gasteiger partial charge in [0.05, 0.1) is 37.1 Å². The second kappa shape index (κ2) is 11.6. The third kappa shape index (κ3) is 5.63. The number of aromatic nitrogens is 3. The standard InChI is InChI=1S/C29H24FN5O4/c1-37-26-18-20(7-12-25(26)39-28(36)21-8-10-23(30)11-9-21)17-22(19-31)27-32-33-29(34-13-15-38-16-14-34)35(27)24-5-3-2-4-6-24/h2-12,17-18H,13-16H2,1H3/b22-17-. The Labute approximate surface area is 224 Å². The number of esters is 1. The molecule has 0 spiro atoms. The van der Waals surface area contributed by atoms with Gasteiger partial charge in [-0.1, -0.05) is 24.3 Å². The number of anilines is 1. The smallest absolute Gasteiger partial charge is 0.343 e. The van der Waals surface area contributed by atoms with Crippen LogP contribution in [0.2, 0.25) is 0 Å². The van der Waals surface area contributed by atoms with Gasteiger partial charge in [0.1, 0.15) is 11.9 Å². The van der Waals surface area contributed by atoms with Crippen LogP contribution in [-0.4, -0.2) is 54.1 Å². The minimum absolute atomic E-state index is 0.185. The van der Waals surface area contributed by atoms with Crippen molar-refractivity contribution in [1.82, 2.24) is 14.8 Å². The van der Waals surface area contributed by atoms with Crippen LogP contribution in [0.15, 0.2) is 72.8 Å². The van der Waals surface area contributed by atoms with Crippen molar-refractivity contribution in [1.29, 1.82) is 5.26 Å². The summed E-state index contributed by atoms with van der Waals surface area (Å²) in [4.78, 5) is 14.6. The molecule has 2 heterocycles. The molecule has 3 aromatic carbocycles. The number of allylic oxidation sites excluding steroid dienone is 1. The molecule has 0 amide bonds. The van der Waals surface area contributed by atoms with Crippen LogP contribution >= 0.6 is 0 Å². The van der Waals surface area contributed by atoms with E-state index in [1.165, 1.54) is 31.4 Å². The molecule has 1 saturated heterocycles. The molecule has 10 heteroatoms. The number of nitrogens with zero attached hydrogens (tertiary/aromatic N) is 5. The van der Waals surface area contributed by atoms with Gasteiger partial charge in [-0.15, -0.1) is 10.2 Å². The summed E-state index contributed by atoms with van der Waals surface area (Å²) in [6, 6.07) is 21.8. The number of para-hydroxylation sites is 1. The fourth-order valence-electron chi connectivity index (χ4n) is 4.15. The number of hydrogen-bond donors (Lipinski definition) is 0. The van der Waals surface area contributed by atoms with E-state index >= 15 is 0 Å². The maximum Gasteiger partial charge on any atom is 0.343 e. The Hall–Kier alpha value is -5.01. The highest BCUT2D eigenvalue weighted by Crippen LogP contribution is 2.31. The van der Waals surface area contributed by atoms with E-state index in [4.69, 9.17) is 14.2 Å². The molecule has 0 radical (unpaired) electrons. The van der Waals surface area contributed by atoms with Crippen LogP contribution in [0, 0.1) is 17.1 Å². The molecule has 5 rings (SSSR count). The number of carbonyl (C=O) groups excluding carboxylic acids is 1. The number of benzene rings is 3. The maximum absolute atomic E-state index is 13.2. The highest BCUT2D eigenvalue weighted by Gasteiger charge is 2.23. The Balaban J connectivity index is 1.48. The van der Waals surface area contributed by atoms with E-state index in [1.54, 1.807) is 24.3 Å². The molecule has 0 saturated carbocycles. The third-order valence-corrected chi connectivity index (χ3v) is 6.10. The van der Waals surface area contributed by atoms with E-state index in [-0.39, 0.29) is 22.6 Å². The van der Waals surface area contributed by atoms with Crippen molar-refractivity contribution < 1.29 is 23.4 Å². The summed E-state index contributed by atoms with van der Waals surface area (Å²) in [6.45, 7) is 2.48. The van der Waals surface area contributed by atoms with Crippen LogP contribution in [0.5, 0.6) is 11.5 Å². The number of hydrogen-bond acceptors (Lipinski definition) is 8. The second-order valence-electron chi connectivity index (χ2n) is 8.57. The van der Waals surface area contributed by atoms with E-state index in [0.29, 0.717) is 43.6 Å². The topological polar surface area (TPSA) is 102 Å². The van der Waals surface area contributed by atoms with Gasteiger partial charge in [0.25, 0.3) is 0 Å². The molecule has 39 heavy (non-hydrogen) atoms. The average molecular weight is 526 g/mol. The summed E-state index contributed by atoms with van der Waals surface area (Å²) >= 11 is 0. The molecule has 0 unspecified atom stereocenters. The van der Waals surface area contributed by atoms with Crippen molar-refractivity contribution in [2.24, 2.45) is 0 Å². The highest BCUT2D eigenvalue weighted by atomic mass is 19.1. The zero-order chi connectivity index (χ0) is 27.2. The van der Waals surface area contributed by atoms with Crippen molar-refractivity contribution in [2.75, 3.05) is 38.3 Å². The lowest BCUT2D eigenvalue weighted by atomic mass is 10.1. The van der Waals surface area contributed by atoms with E-state index < -0.39 is 11.8 Å². The molecule has 1 aliphatic rings. The molecule has 9 nitrogen and oxygen atoms in total. The van der Waals surface area contributed by atoms with Gasteiger partial charge in [0.2, 0.25) is 5.95 Å². The predicted molar refractivity (Wildman–Crippen MR) is 142 cm³/mol. The first kappa shape index (κ1) is 25.6. The van der Waals surface area contributed by atoms with Crippen LogP contribution in [0.4, 0.5) is 10.3 Å². The van der Waals surface area contributed by atoms with Gasteiger partial charge in [-0.05, 0) is 60.2 Å². The Morgan fingerprint density at radius 1 is 1.03 bits per heavy atom. The molecule has 0 atom stereocenters. The minimum atomic E-state index is -0.652. The number of nitriles is 1. The summed E-state index contributed by atoms with van der Waals surface area (Å²) in [5.74, 6) is 0.381. The molecule has 0 aliphatic carbocycles. The SMILES string of the molecule is COc1cc(/C=C(/C#N)c2nnc(N3CCOCC3)n2-c2ccccc2)ccc1OC(=O)c1ccc(F)cc1. The summed E-state index contributed by atoms with van der Waals surface area (Å²) in [6.07, 6.45) is 1.67. The lowest BCUT2D eigenvalue weighted by molar-refractivity contribution is 0.0729. The first-order chi connectivity index (χ1) is 19.1. The molecule has 1 fully saturated rings. The Kier molecular flexibility index (Phi) is 7.61. The van der Waals surface area contributed by atoms with E-state index in [1.807, 2.05) is 34.9 Å².